The minimum Gasteiger partial charge on any atom is -0.452 e. The van der Waals surface area contributed by atoms with E-state index in [0.29, 0.717) is 21.3 Å². The molecule has 0 aromatic heterocycles. The summed E-state index contributed by atoms with van der Waals surface area (Å²) < 4.78 is 4.96. The molecule has 0 spiro atoms. The van der Waals surface area contributed by atoms with Crippen molar-refractivity contribution in [2.45, 2.75) is 6.92 Å². The third-order valence-electron chi connectivity index (χ3n) is 2.79. The number of benzene rings is 2. The zero-order chi connectivity index (χ0) is 16.1. The van der Waals surface area contributed by atoms with Gasteiger partial charge in [-0.15, -0.1) is 0 Å². The fraction of sp³-hybridized carbons (Fsp3) is 0.125. The average Bonchev–Trinajstić information content (AvgIpc) is 2.47. The molecule has 0 aliphatic heterocycles. The van der Waals surface area contributed by atoms with Crippen LogP contribution < -0.4 is 5.32 Å². The Morgan fingerprint density at radius 2 is 1.91 bits per heavy atom. The summed E-state index contributed by atoms with van der Waals surface area (Å²) in [6.45, 7) is 1.47. The maximum Gasteiger partial charge on any atom is 0.338 e. The molecule has 0 aliphatic rings. The van der Waals surface area contributed by atoms with Gasteiger partial charge in [-0.25, -0.2) is 4.79 Å². The van der Waals surface area contributed by atoms with E-state index in [4.69, 9.17) is 27.9 Å². The highest BCUT2D eigenvalue weighted by molar-refractivity contribution is 6.36. The van der Waals surface area contributed by atoms with Gasteiger partial charge in [0.15, 0.2) is 6.61 Å². The molecule has 2 aromatic rings. The minimum absolute atomic E-state index is 0.311. The molecule has 114 valence electrons. The topological polar surface area (TPSA) is 55.4 Å². The van der Waals surface area contributed by atoms with Crippen molar-refractivity contribution in [3.8, 4) is 0 Å². The van der Waals surface area contributed by atoms with Gasteiger partial charge in [0, 0.05) is 5.02 Å². The second-order valence-electron chi connectivity index (χ2n) is 4.62. The highest BCUT2D eigenvalue weighted by atomic mass is 35.5. The van der Waals surface area contributed by atoms with Crippen molar-refractivity contribution in [3.05, 3.63) is 63.6 Å². The Morgan fingerprint density at radius 1 is 1.14 bits per heavy atom. The van der Waals surface area contributed by atoms with Gasteiger partial charge >= 0.3 is 5.97 Å². The molecule has 2 aromatic carbocycles. The number of esters is 1. The molecule has 4 nitrogen and oxygen atoms in total. The van der Waals surface area contributed by atoms with Crippen LogP contribution in [0.4, 0.5) is 5.69 Å². The molecule has 22 heavy (non-hydrogen) atoms. The summed E-state index contributed by atoms with van der Waals surface area (Å²) in [5, 5.41) is 3.33. The lowest BCUT2D eigenvalue weighted by Gasteiger charge is -2.08. The molecule has 0 saturated heterocycles. The quantitative estimate of drug-likeness (QED) is 0.854. The average molecular weight is 338 g/mol. The van der Waals surface area contributed by atoms with E-state index in [9.17, 15) is 9.59 Å². The molecule has 0 heterocycles. The lowest BCUT2D eigenvalue weighted by molar-refractivity contribution is -0.119. The van der Waals surface area contributed by atoms with Crippen molar-refractivity contribution in [3.63, 3.8) is 0 Å². The smallest absolute Gasteiger partial charge is 0.338 e. The molecule has 0 fully saturated rings. The van der Waals surface area contributed by atoms with Crippen LogP contribution in [0.1, 0.15) is 15.9 Å². The van der Waals surface area contributed by atoms with E-state index in [-0.39, 0.29) is 0 Å². The maximum atomic E-state index is 11.8. The van der Waals surface area contributed by atoms with Gasteiger partial charge in [-0.2, -0.15) is 0 Å². The second-order valence-corrected chi connectivity index (χ2v) is 5.46. The summed E-state index contributed by atoms with van der Waals surface area (Å²) in [6, 6.07) is 11.6. The number of ether oxygens (including phenoxy) is 1. The fourth-order valence-electron chi connectivity index (χ4n) is 1.76. The summed E-state index contributed by atoms with van der Waals surface area (Å²) in [7, 11) is 0. The Balaban J connectivity index is 1.91. The Kier molecular flexibility index (Phi) is 5.41. The SMILES string of the molecule is Cc1cccc(C(=O)OCC(=O)Nc2ccc(Cl)cc2Cl)c1. The summed E-state index contributed by atoms with van der Waals surface area (Å²) in [5.41, 5.74) is 1.74. The summed E-state index contributed by atoms with van der Waals surface area (Å²) in [4.78, 5) is 23.6. The van der Waals surface area contributed by atoms with Crippen LogP contribution in [-0.4, -0.2) is 18.5 Å². The number of rotatable bonds is 4. The highest BCUT2D eigenvalue weighted by Crippen LogP contribution is 2.25. The zero-order valence-electron chi connectivity index (χ0n) is 11.7. The Morgan fingerprint density at radius 3 is 2.59 bits per heavy atom. The van der Waals surface area contributed by atoms with Crippen LogP contribution in [0.2, 0.25) is 10.0 Å². The summed E-state index contributed by atoms with van der Waals surface area (Å²) in [5.74, 6) is -1.04. The number of amides is 1. The van der Waals surface area contributed by atoms with Crippen molar-refractivity contribution in [1.29, 1.82) is 0 Å². The van der Waals surface area contributed by atoms with Crippen LogP contribution >= 0.6 is 23.2 Å². The van der Waals surface area contributed by atoms with Crippen LogP contribution in [0.5, 0.6) is 0 Å². The zero-order valence-corrected chi connectivity index (χ0v) is 13.2. The van der Waals surface area contributed by atoms with Gasteiger partial charge in [0.2, 0.25) is 0 Å². The highest BCUT2D eigenvalue weighted by Gasteiger charge is 2.11. The van der Waals surface area contributed by atoms with Crippen molar-refractivity contribution in [1.82, 2.24) is 0 Å². The monoisotopic (exact) mass is 337 g/mol. The number of aryl methyl sites for hydroxylation is 1. The first-order chi connectivity index (χ1) is 10.5. The number of carbonyl (C=O) groups excluding carboxylic acids is 2. The van der Waals surface area contributed by atoms with Crippen LogP contribution in [-0.2, 0) is 9.53 Å². The number of hydrogen-bond acceptors (Lipinski definition) is 3. The molecular weight excluding hydrogens is 325 g/mol. The summed E-state index contributed by atoms with van der Waals surface area (Å²) >= 11 is 11.7. The van der Waals surface area contributed by atoms with Gasteiger partial charge in [0.25, 0.3) is 5.91 Å². The van der Waals surface area contributed by atoms with Crippen molar-refractivity contribution >= 4 is 40.8 Å². The maximum absolute atomic E-state index is 11.8. The van der Waals surface area contributed by atoms with E-state index in [1.165, 1.54) is 6.07 Å². The molecular formula is C16H13Cl2NO3. The number of anilines is 1. The van der Waals surface area contributed by atoms with E-state index in [1.807, 2.05) is 13.0 Å². The molecule has 0 aliphatic carbocycles. The predicted octanol–water partition coefficient (Wildman–Crippen LogP) is 4.10. The van der Waals surface area contributed by atoms with Gasteiger partial charge in [-0.1, -0.05) is 40.9 Å². The van der Waals surface area contributed by atoms with Gasteiger partial charge in [0.1, 0.15) is 0 Å². The van der Waals surface area contributed by atoms with Crippen LogP contribution in [0.15, 0.2) is 42.5 Å². The van der Waals surface area contributed by atoms with E-state index in [1.54, 1.807) is 30.3 Å². The first-order valence-electron chi connectivity index (χ1n) is 6.44. The number of halogens is 2. The lowest BCUT2D eigenvalue weighted by Crippen LogP contribution is -2.21. The number of hydrogen-bond donors (Lipinski definition) is 1. The van der Waals surface area contributed by atoms with Gasteiger partial charge < -0.3 is 10.1 Å². The van der Waals surface area contributed by atoms with E-state index < -0.39 is 18.5 Å². The van der Waals surface area contributed by atoms with E-state index >= 15 is 0 Å². The van der Waals surface area contributed by atoms with Crippen LogP contribution in [0, 0.1) is 6.92 Å². The molecule has 0 bridgehead atoms. The van der Waals surface area contributed by atoms with E-state index in [0.717, 1.165) is 5.56 Å². The predicted molar refractivity (Wildman–Crippen MR) is 86.6 cm³/mol. The lowest BCUT2D eigenvalue weighted by atomic mass is 10.1. The van der Waals surface area contributed by atoms with Gasteiger partial charge in [0.05, 0.1) is 16.3 Å². The van der Waals surface area contributed by atoms with Crippen LogP contribution in [0.25, 0.3) is 0 Å². The summed E-state index contributed by atoms with van der Waals surface area (Å²) in [6.07, 6.45) is 0. The molecule has 0 unspecified atom stereocenters. The Hall–Kier alpha value is -2.04. The normalized spacial score (nSPS) is 10.1. The molecule has 1 N–H and O–H groups in total. The van der Waals surface area contributed by atoms with Crippen LogP contribution in [0.3, 0.4) is 0 Å². The first kappa shape index (κ1) is 16.3. The molecule has 2 rings (SSSR count). The molecule has 0 atom stereocenters. The van der Waals surface area contributed by atoms with Crippen molar-refractivity contribution < 1.29 is 14.3 Å². The van der Waals surface area contributed by atoms with Crippen molar-refractivity contribution in [2.75, 3.05) is 11.9 Å². The standard InChI is InChI=1S/C16H13Cl2NO3/c1-10-3-2-4-11(7-10)16(21)22-9-15(20)19-14-6-5-12(17)8-13(14)18/h2-8H,9H2,1H3,(H,19,20). The largest absolute Gasteiger partial charge is 0.452 e. The second kappa shape index (κ2) is 7.29. The number of nitrogens with one attached hydrogen (secondary N) is 1. The third kappa shape index (κ3) is 4.48. The minimum atomic E-state index is -0.555. The van der Waals surface area contributed by atoms with Gasteiger partial charge in [-0.3, -0.25) is 4.79 Å². The van der Waals surface area contributed by atoms with Crippen molar-refractivity contribution in [2.24, 2.45) is 0 Å². The third-order valence-corrected chi connectivity index (χ3v) is 3.34. The number of carbonyl (C=O) groups is 2. The first-order valence-corrected chi connectivity index (χ1v) is 7.20. The molecule has 6 heteroatoms. The van der Waals surface area contributed by atoms with Gasteiger partial charge in [-0.05, 0) is 37.3 Å². The fourth-order valence-corrected chi connectivity index (χ4v) is 2.22. The molecule has 0 radical (unpaired) electrons. The van der Waals surface area contributed by atoms with E-state index in [2.05, 4.69) is 5.32 Å². The Labute approximate surface area is 138 Å². The molecule has 1 amide bonds. The molecule has 0 saturated carbocycles. The Bertz CT molecular complexity index is 716.